The lowest BCUT2D eigenvalue weighted by Crippen LogP contribution is -2.44. The molecule has 0 aromatic carbocycles. The molecule has 0 rings (SSSR count). The average molecular weight is 384 g/mol. The Morgan fingerprint density at radius 2 is 1.35 bits per heavy atom. The first-order chi connectivity index (χ1) is 11.7. The van der Waals surface area contributed by atoms with Crippen LogP contribution >= 0.6 is 0 Å². The molecule has 0 aromatic rings. The van der Waals surface area contributed by atoms with E-state index in [-0.39, 0.29) is 30.8 Å². The Morgan fingerprint density at radius 3 is 1.77 bits per heavy atom. The lowest BCUT2D eigenvalue weighted by atomic mass is 10.0. The van der Waals surface area contributed by atoms with Crippen molar-refractivity contribution in [2.75, 3.05) is 19.7 Å². The summed E-state index contributed by atoms with van der Waals surface area (Å²) in [5, 5.41) is 4.72. The van der Waals surface area contributed by atoms with Crippen molar-refractivity contribution in [3.63, 3.8) is 0 Å². The van der Waals surface area contributed by atoms with Crippen LogP contribution in [0.5, 0.6) is 0 Å². The second-order valence-electron chi connectivity index (χ2n) is 7.21. The zero-order valence-corrected chi connectivity index (χ0v) is 15.7. The Bertz CT molecular complexity index is 449. The fourth-order valence-electron chi connectivity index (χ4n) is 1.82. The predicted molar refractivity (Wildman–Crippen MR) is 92.0 cm³/mol. The van der Waals surface area contributed by atoms with Gasteiger partial charge in [-0.1, -0.05) is 0 Å². The number of nitrogens with one attached hydrogen (secondary N) is 2. The number of nitrogens with two attached hydrogens (primary N) is 2. The van der Waals surface area contributed by atoms with Crippen molar-refractivity contribution in [1.29, 1.82) is 0 Å². The number of ether oxygens (including phenoxy) is 1. The first-order valence-corrected chi connectivity index (χ1v) is 8.52. The molecule has 0 saturated carbocycles. The van der Waals surface area contributed by atoms with Gasteiger partial charge in [0, 0.05) is 37.9 Å². The van der Waals surface area contributed by atoms with Crippen LogP contribution in [0.1, 0.15) is 52.9 Å². The number of hydrogen-bond donors (Lipinski definition) is 4. The molecule has 0 aliphatic rings. The van der Waals surface area contributed by atoms with Gasteiger partial charge < -0.3 is 26.8 Å². The standard InChI is InChI=1S/C16H31F3N4O3/c1-14(2,20)8-11-26-15(3,21)6-9-22-12(24)4-5-13(25)23-10-7-16(17,18)19/h4-11,20-21H2,1-3H3,(H,22,24)(H,23,25). The maximum atomic E-state index is 11.9. The normalized spacial score (nSPS) is 14.6. The first-order valence-electron chi connectivity index (χ1n) is 8.52. The minimum absolute atomic E-state index is 0.110. The second-order valence-corrected chi connectivity index (χ2v) is 7.21. The molecule has 0 radical (unpaired) electrons. The molecule has 0 spiro atoms. The molecule has 0 bridgehead atoms. The van der Waals surface area contributed by atoms with E-state index in [4.69, 9.17) is 16.2 Å². The quantitative estimate of drug-likeness (QED) is 0.377. The van der Waals surface area contributed by atoms with E-state index in [2.05, 4.69) is 10.6 Å². The van der Waals surface area contributed by atoms with E-state index in [0.717, 1.165) is 0 Å². The Kier molecular flexibility index (Phi) is 10.1. The number of rotatable bonds is 12. The fraction of sp³-hybridized carbons (Fsp3) is 0.875. The van der Waals surface area contributed by atoms with E-state index in [1.807, 2.05) is 13.8 Å². The van der Waals surface area contributed by atoms with Crippen molar-refractivity contribution >= 4 is 11.8 Å². The summed E-state index contributed by atoms with van der Waals surface area (Å²) in [4.78, 5) is 23.0. The third kappa shape index (κ3) is 16.1. The number of carbonyl (C=O) groups is 2. The number of amides is 2. The largest absolute Gasteiger partial charge is 0.390 e. The molecule has 26 heavy (non-hydrogen) atoms. The molecule has 10 heteroatoms. The summed E-state index contributed by atoms with van der Waals surface area (Å²) in [5.74, 6) is -0.976. The predicted octanol–water partition coefficient (Wildman–Crippen LogP) is 1.16. The van der Waals surface area contributed by atoms with Crippen LogP contribution in [0.3, 0.4) is 0 Å². The van der Waals surface area contributed by atoms with Crippen LogP contribution in [0.25, 0.3) is 0 Å². The molecule has 0 aliphatic carbocycles. The third-order valence-electron chi connectivity index (χ3n) is 3.43. The van der Waals surface area contributed by atoms with E-state index in [1.165, 1.54) is 0 Å². The SMILES string of the molecule is CC(C)(N)CCOC(C)(N)CCNC(=O)CCC(=O)NCCC(F)(F)F. The van der Waals surface area contributed by atoms with Crippen molar-refractivity contribution in [1.82, 2.24) is 10.6 Å². The number of hydrogen-bond acceptors (Lipinski definition) is 5. The summed E-state index contributed by atoms with van der Waals surface area (Å²) in [6, 6.07) is 0. The van der Waals surface area contributed by atoms with Gasteiger partial charge in [-0.15, -0.1) is 0 Å². The van der Waals surface area contributed by atoms with Gasteiger partial charge in [0.1, 0.15) is 5.72 Å². The van der Waals surface area contributed by atoms with Crippen LogP contribution in [-0.2, 0) is 14.3 Å². The highest BCUT2D eigenvalue weighted by atomic mass is 19.4. The van der Waals surface area contributed by atoms with Gasteiger partial charge in [0.05, 0.1) is 13.0 Å². The molecule has 0 aliphatic heterocycles. The van der Waals surface area contributed by atoms with Crippen LogP contribution in [0, 0.1) is 0 Å². The average Bonchev–Trinajstić information content (AvgIpc) is 2.41. The molecular formula is C16H31F3N4O3. The lowest BCUT2D eigenvalue weighted by molar-refractivity contribution is -0.136. The van der Waals surface area contributed by atoms with Crippen molar-refractivity contribution in [3.05, 3.63) is 0 Å². The fourth-order valence-corrected chi connectivity index (χ4v) is 1.82. The second kappa shape index (κ2) is 10.7. The highest BCUT2D eigenvalue weighted by Crippen LogP contribution is 2.18. The van der Waals surface area contributed by atoms with Crippen molar-refractivity contribution in [2.45, 2.75) is 70.3 Å². The highest BCUT2D eigenvalue weighted by molar-refractivity contribution is 5.83. The Morgan fingerprint density at radius 1 is 0.885 bits per heavy atom. The van der Waals surface area contributed by atoms with Gasteiger partial charge in [-0.2, -0.15) is 13.2 Å². The van der Waals surface area contributed by atoms with Gasteiger partial charge in [0.2, 0.25) is 11.8 Å². The number of alkyl halides is 3. The van der Waals surface area contributed by atoms with Gasteiger partial charge in [0.15, 0.2) is 0 Å². The Hall–Kier alpha value is -1.39. The molecule has 0 aromatic heterocycles. The molecule has 7 nitrogen and oxygen atoms in total. The summed E-state index contributed by atoms with van der Waals surface area (Å²) >= 11 is 0. The minimum atomic E-state index is -4.32. The van der Waals surface area contributed by atoms with Crippen LogP contribution in [0.4, 0.5) is 13.2 Å². The monoisotopic (exact) mass is 384 g/mol. The zero-order valence-electron chi connectivity index (χ0n) is 15.7. The summed E-state index contributed by atoms with van der Waals surface area (Å²) in [5.41, 5.74) is 10.5. The summed E-state index contributed by atoms with van der Waals surface area (Å²) in [6.07, 6.45) is -4.70. The summed E-state index contributed by atoms with van der Waals surface area (Å²) < 4.78 is 41.4. The van der Waals surface area contributed by atoms with Gasteiger partial charge in [-0.3, -0.25) is 9.59 Å². The van der Waals surface area contributed by atoms with Crippen LogP contribution in [0.15, 0.2) is 0 Å². The molecule has 6 N–H and O–H groups in total. The molecule has 2 amide bonds. The molecule has 154 valence electrons. The first kappa shape index (κ1) is 24.6. The van der Waals surface area contributed by atoms with Crippen molar-refractivity contribution < 1.29 is 27.5 Å². The van der Waals surface area contributed by atoms with Crippen molar-refractivity contribution in [3.8, 4) is 0 Å². The van der Waals surface area contributed by atoms with Gasteiger partial charge >= 0.3 is 6.18 Å². The van der Waals surface area contributed by atoms with E-state index in [1.54, 1.807) is 6.92 Å². The minimum Gasteiger partial charge on any atom is -0.361 e. The highest BCUT2D eigenvalue weighted by Gasteiger charge is 2.26. The molecule has 0 heterocycles. The van der Waals surface area contributed by atoms with Crippen molar-refractivity contribution in [2.24, 2.45) is 11.5 Å². The van der Waals surface area contributed by atoms with Crippen LogP contribution in [0.2, 0.25) is 0 Å². The molecule has 1 atom stereocenters. The number of carbonyl (C=O) groups excluding carboxylic acids is 2. The van der Waals surface area contributed by atoms with E-state index in [0.29, 0.717) is 19.4 Å². The van der Waals surface area contributed by atoms with E-state index in [9.17, 15) is 22.8 Å². The number of halogens is 3. The summed E-state index contributed by atoms with van der Waals surface area (Å²) in [6.45, 7) is 5.60. The Labute approximate surface area is 152 Å². The molecule has 0 fully saturated rings. The van der Waals surface area contributed by atoms with Crippen LogP contribution < -0.4 is 22.1 Å². The smallest absolute Gasteiger partial charge is 0.361 e. The lowest BCUT2D eigenvalue weighted by Gasteiger charge is -2.27. The maximum Gasteiger partial charge on any atom is 0.390 e. The molecule has 0 saturated heterocycles. The van der Waals surface area contributed by atoms with Crippen LogP contribution in [-0.4, -0.2) is 49.0 Å². The zero-order chi connectivity index (χ0) is 20.4. The Balaban J connectivity index is 3.86. The van der Waals surface area contributed by atoms with Gasteiger partial charge in [-0.05, 0) is 27.2 Å². The summed E-state index contributed by atoms with van der Waals surface area (Å²) in [7, 11) is 0. The molecular weight excluding hydrogens is 353 g/mol. The van der Waals surface area contributed by atoms with E-state index < -0.39 is 30.8 Å². The topological polar surface area (TPSA) is 119 Å². The van der Waals surface area contributed by atoms with Gasteiger partial charge in [0.25, 0.3) is 0 Å². The third-order valence-corrected chi connectivity index (χ3v) is 3.43. The van der Waals surface area contributed by atoms with Gasteiger partial charge in [-0.25, -0.2) is 0 Å². The molecule has 1 unspecified atom stereocenters. The van der Waals surface area contributed by atoms with E-state index >= 15 is 0 Å². The maximum absolute atomic E-state index is 11.9.